The third-order valence-electron chi connectivity index (χ3n) is 4.31. The van der Waals surface area contributed by atoms with E-state index in [1.165, 1.54) is 12.1 Å². The monoisotopic (exact) mass is 325 g/mol. The summed E-state index contributed by atoms with van der Waals surface area (Å²) >= 11 is 0. The van der Waals surface area contributed by atoms with Crippen molar-refractivity contribution < 1.29 is 9.50 Å². The van der Waals surface area contributed by atoms with Crippen molar-refractivity contribution in [2.45, 2.75) is 31.9 Å². The highest BCUT2D eigenvalue weighted by atomic mass is 19.1. The van der Waals surface area contributed by atoms with E-state index in [-0.39, 0.29) is 11.9 Å². The second kappa shape index (κ2) is 6.53. The lowest BCUT2D eigenvalue weighted by Crippen LogP contribution is -2.23. The molecule has 2 atom stereocenters. The molecule has 5 heteroatoms. The average Bonchev–Trinajstić information content (AvgIpc) is 3.09. The number of aliphatic hydroxyl groups is 1. The molecule has 0 fully saturated rings. The summed E-state index contributed by atoms with van der Waals surface area (Å²) in [6, 6.07) is 15.7. The van der Waals surface area contributed by atoms with Crippen LogP contribution >= 0.6 is 0 Å². The quantitative estimate of drug-likeness (QED) is 0.778. The summed E-state index contributed by atoms with van der Waals surface area (Å²) in [5.41, 5.74) is 0.969. The Balaban J connectivity index is 1.93. The fourth-order valence-corrected chi connectivity index (χ4v) is 2.82. The van der Waals surface area contributed by atoms with Crippen LogP contribution < -0.4 is 0 Å². The van der Waals surface area contributed by atoms with Crippen molar-refractivity contribution in [2.24, 2.45) is 0 Å². The summed E-state index contributed by atoms with van der Waals surface area (Å²) < 4.78 is 14.9. The van der Waals surface area contributed by atoms with Crippen molar-refractivity contribution in [3.8, 4) is 0 Å². The van der Waals surface area contributed by atoms with Gasteiger partial charge in [-0.2, -0.15) is 0 Å². The third kappa shape index (κ3) is 3.08. The summed E-state index contributed by atoms with van der Waals surface area (Å²) in [7, 11) is 0. The van der Waals surface area contributed by atoms with E-state index in [1.807, 2.05) is 37.3 Å². The molecule has 0 amide bonds. The minimum absolute atomic E-state index is 0.0570. The molecule has 4 nitrogen and oxygen atoms in total. The molecule has 124 valence electrons. The van der Waals surface area contributed by atoms with E-state index in [9.17, 15) is 9.50 Å². The van der Waals surface area contributed by atoms with Crippen LogP contribution in [-0.4, -0.2) is 20.1 Å². The van der Waals surface area contributed by atoms with Gasteiger partial charge in [0.2, 0.25) is 0 Å². The van der Waals surface area contributed by atoms with Gasteiger partial charge in [-0.15, -0.1) is 5.10 Å². The van der Waals surface area contributed by atoms with Gasteiger partial charge in [0, 0.05) is 0 Å². The zero-order valence-electron chi connectivity index (χ0n) is 13.7. The number of hydrogen-bond acceptors (Lipinski definition) is 3. The molecule has 0 saturated carbocycles. The van der Waals surface area contributed by atoms with Gasteiger partial charge in [-0.05, 0) is 36.6 Å². The van der Waals surface area contributed by atoms with Crippen LogP contribution in [-0.2, 0) is 5.60 Å². The summed E-state index contributed by atoms with van der Waals surface area (Å²) in [5, 5.41) is 19.2. The molecule has 1 unspecified atom stereocenters. The molecule has 2 aromatic carbocycles. The zero-order chi connectivity index (χ0) is 17.2. The number of aromatic nitrogens is 3. The highest BCUT2D eigenvalue weighted by Gasteiger charge is 2.29. The van der Waals surface area contributed by atoms with Crippen LogP contribution in [0.15, 0.2) is 60.8 Å². The molecule has 1 N–H and O–H groups in total. The first kappa shape index (κ1) is 16.3. The lowest BCUT2D eigenvalue weighted by molar-refractivity contribution is 0.0972. The van der Waals surface area contributed by atoms with Gasteiger partial charge in [-0.3, -0.25) is 0 Å². The van der Waals surface area contributed by atoms with Gasteiger partial charge in [0.05, 0.1) is 12.2 Å². The number of benzene rings is 2. The molecule has 24 heavy (non-hydrogen) atoms. The molecule has 0 radical (unpaired) electrons. The molecular weight excluding hydrogens is 305 g/mol. The van der Waals surface area contributed by atoms with Gasteiger partial charge >= 0.3 is 0 Å². The molecular formula is C19H20FN3O. The molecule has 0 aliphatic rings. The average molecular weight is 325 g/mol. The Labute approximate surface area is 140 Å². The van der Waals surface area contributed by atoms with Crippen molar-refractivity contribution in [1.82, 2.24) is 15.0 Å². The highest BCUT2D eigenvalue weighted by molar-refractivity contribution is 5.30. The maximum atomic E-state index is 13.1. The second-order valence-corrected chi connectivity index (χ2v) is 6.00. The molecule has 0 aliphatic carbocycles. The van der Waals surface area contributed by atoms with Crippen LogP contribution in [0.5, 0.6) is 0 Å². The van der Waals surface area contributed by atoms with Crippen molar-refractivity contribution in [2.75, 3.05) is 0 Å². The number of halogens is 1. The SMILES string of the molecule is CC[C@@H](c1ccc(F)cc1)n1cc(C(C)(O)c2ccccc2)nn1. The normalized spacial score (nSPS) is 15.0. The minimum atomic E-state index is -1.22. The van der Waals surface area contributed by atoms with Gasteiger partial charge in [-0.1, -0.05) is 54.6 Å². The summed E-state index contributed by atoms with van der Waals surface area (Å²) in [4.78, 5) is 0. The first-order valence-electron chi connectivity index (χ1n) is 7.98. The highest BCUT2D eigenvalue weighted by Crippen LogP contribution is 2.29. The van der Waals surface area contributed by atoms with Crippen LogP contribution in [0.2, 0.25) is 0 Å². The molecule has 0 bridgehead atoms. The Hall–Kier alpha value is -2.53. The lowest BCUT2D eigenvalue weighted by atomic mass is 9.93. The summed E-state index contributed by atoms with van der Waals surface area (Å²) in [6.07, 6.45) is 2.53. The van der Waals surface area contributed by atoms with Gasteiger partial charge in [0.1, 0.15) is 17.1 Å². The topological polar surface area (TPSA) is 50.9 Å². The van der Waals surface area contributed by atoms with E-state index in [4.69, 9.17) is 0 Å². The van der Waals surface area contributed by atoms with Crippen molar-refractivity contribution in [3.63, 3.8) is 0 Å². The number of rotatable bonds is 5. The number of nitrogens with zero attached hydrogens (tertiary/aromatic N) is 3. The zero-order valence-corrected chi connectivity index (χ0v) is 13.7. The van der Waals surface area contributed by atoms with E-state index < -0.39 is 5.60 Å². The van der Waals surface area contributed by atoms with Crippen molar-refractivity contribution in [1.29, 1.82) is 0 Å². The summed E-state index contributed by atoms with van der Waals surface area (Å²) in [6.45, 7) is 3.74. The molecule has 1 aromatic heterocycles. The van der Waals surface area contributed by atoms with Gasteiger partial charge in [0.25, 0.3) is 0 Å². The molecule has 3 aromatic rings. The number of hydrogen-bond donors (Lipinski definition) is 1. The Morgan fingerprint density at radius 2 is 1.79 bits per heavy atom. The Kier molecular flexibility index (Phi) is 4.44. The predicted octanol–water partition coefficient (Wildman–Crippen LogP) is 3.67. The molecule has 1 heterocycles. The second-order valence-electron chi connectivity index (χ2n) is 6.00. The maximum Gasteiger partial charge on any atom is 0.132 e. The first-order valence-corrected chi connectivity index (χ1v) is 7.98. The van der Waals surface area contributed by atoms with E-state index >= 15 is 0 Å². The van der Waals surface area contributed by atoms with Crippen LogP contribution in [0, 0.1) is 5.82 Å². The van der Waals surface area contributed by atoms with E-state index in [0.29, 0.717) is 5.69 Å². The van der Waals surface area contributed by atoms with Crippen LogP contribution in [0.3, 0.4) is 0 Å². The largest absolute Gasteiger partial charge is 0.379 e. The fraction of sp³-hybridized carbons (Fsp3) is 0.263. The van der Waals surface area contributed by atoms with Gasteiger partial charge in [0.15, 0.2) is 0 Å². The summed E-state index contributed by atoms with van der Waals surface area (Å²) in [5.74, 6) is -0.264. The predicted molar refractivity (Wildman–Crippen MR) is 90.0 cm³/mol. The van der Waals surface area contributed by atoms with Gasteiger partial charge < -0.3 is 5.11 Å². The van der Waals surface area contributed by atoms with Crippen molar-refractivity contribution in [3.05, 3.63) is 83.4 Å². The molecule has 3 rings (SSSR count). The Morgan fingerprint density at radius 3 is 2.42 bits per heavy atom. The van der Waals surface area contributed by atoms with Crippen LogP contribution in [0.1, 0.15) is 43.1 Å². The van der Waals surface area contributed by atoms with E-state index in [1.54, 1.807) is 29.9 Å². The minimum Gasteiger partial charge on any atom is -0.379 e. The molecule has 0 aliphatic heterocycles. The van der Waals surface area contributed by atoms with Crippen molar-refractivity contribution >= 4 is 0 Å². The van der Waals surface area contributed by atoms with E-state index in [2.05, 4.69) is 10.3 Å². The standard InChI is InChI=1S/C19H20FN3O/c1-3-17(14-9-11-16(20)12-10-14)23-13-18(21-22-23)19(2,24)15-7-5-4-6-8-15/h4-13,17,24H,3H2,1-2H3/t17-,19?/m0/s1. The van der Waals surface area contributed by atoms with E-state index in [0.717, 1.165) is 17.5 Å². The third-order valence-corrected chi connectivity index (χ3v) is 4.31. The molecule has 0 spiro atoms. The fourth-order valence-electron chi connectivity index (χ4n) is 2.82. The van der Waals surface area contributed by atoms with Crippen LogP contribution in [0.4, 0.5) is 4.39 Å². The van der Waals surface area contributed by atoms with Gasteiger partial charge in [-0.25, -0.2) is 9.07 Å². The van der Waals surface area contributed by atoms with Crippen LogP contribution in [0.25, 0.3) is 0 Å². The Morgan fingerprint density at radius 1 is 1.12 bits per heavy atom. The maximum absolute atomic E-state index is 13.1. The smallest absolute Gasteiger partial charge is 0.132 e. The lowest BCUT2D eigenvalue weighted by Gasteiger charge is -2.21. The Bertz CT molecular complexity index is 797. The first-order chi connectivity index (χ1) is 11.5. The molecule has 0 saturated heterocycles.